The molecule has 3 saturated carbocycles. The van der Waals surface area contributed by atoms with Crippen molar-refractivity contribution in [3.8, 4) is 0 Å². The van der Waals surface area contributed by atoms with Crippen LogP contribution >= 0.6 is 0 Å². The monoisotopic (exact) mass is 824 g/mol. The predicted molar refractivity (Wildman–Crippen MR) is 257 cm³/mol. The Morgan fingerprint density at radius 1 is 0.610 bits per heavy atom. The Balaban J connectivity index is 0.000000168. The van der Waals surface area contributed by atoms with Crippen molar-refractivity contribution in [1.82, 2.24) is 15.1 Å². The molecule has 6 atom stereocenters. The molecule has 0 radical (unpaired) electrons. The second-order valence-corrected chi connectivity index (χ2v) is 25.2. The summed E-state index contributed by atoms with van der Waals surface area (Å²) in [6.07, 6.45) is 28.1. The van der Waals surface area contributed by atoms with Crippen molar-refractivity contribution in [2.75, 3.05) is 58.9 Å². The molecule has 4 heterocycles. The van der Waals surface area contributed by atoms with Crippen molar-refractivity contribution < 1.29 is 9.28 Å². The maximum Gasteiger partial charge on any atom is 0.133 e. The van der Waals surface area contributed by atoms with Crippen LogP contribution in [0.15, 0.2) is 11.8 Å². The summed E-state index contributed by atoms with van der Waals surface area (Å²) in [5.74, 6) is 3.80. The van der Waals surface area contributed by atoms with E-state index in [0.717, 1.165) is 42.7 Å². The largest absolute Gasteiger partial charge is 0.375 e. The lowest BCUT2D eigenvalue weighted by atomic mass is 9.69. The molecule has 0 bridgehead atoms. The van der Waals surface area contributed by atoms with E-state index in [1.54, 1.807) is 5.70 Å². The average Bonchev–Trinajstić information content (AvgIpc) is 3.95. The normalized spacial score (nSPS) is 34.4. The first kappa shape index (κ1) is 50.7. The van der Waals surface area contributed by atoms with Gasteiger partial charge in [0.25, 0.3) is 0 Å². The zero-order valence-corrected chi connectivity index (χ0v) is 42.1. The van der Waals surface area contributed by atoms with E-state index in [2.05, 4.69) is 111 Å². The van der Waals surface area contributed by atoms with Gasteiger partial charge < -0.3 is 19.6 Å². The Morgan fingerprint density at radius 2 is 1.14 bits per heavy atom. The SMILES string of the molecule is C1CCNC1.CC1CC(=O)CC(C)(C)C1.CC1CC(N2CCCC2)=CC(C)(C)C1.CC1CC(N2CCCC2)CC(C)(C)C1.CC[N+]1(C2CC(C)CC(C)(C)C2)CCCC1. The maximum absolute atomic E-state index is 11.1. The van der Waals surface area contributed by atoms with Gasteiger partial charge in [0, 0.05) is 63.4 Å². The van der Waals surface area contributed by atoms with Crippen LogP contribution in [0.3, 0.4) is 0 Å². The van der Waals surface area contributed by atoms with Crippen LogP contribution in [-0.4, -0.2) is 91.1 Å². The first-order valence-electron chi connectivity index (χ1n) is 25.9. The van der Waals surface area contributed by atoms with E-state index in [1.165, 1.54) is 173 Å². The third-order valence-electron chi connectivity index (χ3n) is 15.9. The number of Topliss-reactive ketones (excluding diaryl/α,β-unsaturated/α-hetero) is 1. The Hall–Kier alpha value is -0.910. The van der Waals surface area contributed by atoms with Crippen LogP contribution in [0, 0.1) is 45.3 Å². The number of ketones is 1. The van der Waals surface area contributed by atoms with E-state index in [0.29, 0.717) is 27.9 Å². The molecule has 5 heteroatoms. The van der Waals surface area contributed by atoms with Gasteiger partial charge in [0.2, 0.25) is 0 Å². The number of rotatable bonds is 4. The van der Waals surface area contributed by atoms with Gasteiger partial charge in [-0.25, -0.2) is 0 Å². The molecule has 1 N–H and O–H groups in total. The second kappa shape index (κ2) is 22.6. The van der Waals surface area contributed by atoms with Crippen LogP contribution in [0.25, 0.3) is 0 Å². The lowest BCUT2D eigenvalue weighted by Gasteiger charge is -2.48. The molecule has 5 nitrogen and oxygen atoms in total. The highest BCUT2D eigenvalue weighted by atomic mass is 16.1. The molecular formula is C54H103N4O+. The molecule has 0 amide bonds. The smallest absolute Gasteiger partial charge is 0.133 e. The molecule has 0 aromatic rings. The highest BCUT2D eigenvalue weighted by Crippen LogP contribution is 2.45. The summed E-state index contributed by atoms with van der Waals surface area (Å²) >= 11 is 0. The molecule has 344 valence electrons. The van der Waals surface area contributed by atoms with E-state index >= 15 is 0 Å². The van der Waals surface area contributed by atoms with Gasteiger partial charge in [0.1, 0.15) is 5.78 Å². The number of allylic oxidation sites excluding steroid dienone is 2. The fraction of sp³-hybridized carbons (Fsp3) is 0.944. The maximum atomic E-state index is 11.1. The van der Waals surface area contributed by atoms with Crippen LogP contribution in [0.5, 0.6) is 0 Å². The molecule has 0 aromatic carbocycles. The lowest BCUT2D eigenvalue weighted by molar-refractivity contribution is -0.941. The summed E-state index contributed by atoms with van der Waals surface area (Å²) in [5.41, 5.74) is 3.51. The first-order valence-corrected chi connectivity index (χ1v) is 25.9. The van der Waals surface area contributed by atoms with Crippen molar-refractivity contribution in [3.05, 3.63) is 11.8 Å². The number of carbonyl (C=O) groups excluding carboxylic acids is 1. The molecule has 4 saturated heterocycles. The molecular weight excluding hydrogens is 721 g/mol. The van der Waals surface area contributed by atoms with E-state index in [9.17, 15) is 4.79 Å². The zero-order chi connectivity index (χ0) is 43.5. The van der Waals surface area contributed by atoms with E-state index in [1.807, 2.05) is 0 Å². The number of hydrogen-bond donors (Lipinski definition) is 1. The van der Waals surface area contributed by atoms with Gasteiger partial charge in [0.15, 0.2) is 0 Å². The minimum atomic E-state index is 0.273. The van der Waals surface area contributed by atoms with Crippen molar-refractivity contribution >= 4 is 5.78 Å². The number of carbonyl (C=O) groups is 1. The number of hydrogen-bond acceptors (Lipinski definition) is 4. The van der Waals surface area contributed by atoms with Gasteiger partial charge in [-0.05, 0) is 162 Å². The van der Waals surface area contributed by atoms with Gasteiger partial charge in [-0.15, -0.1) is 0 Å². The summed E-state index contributed by atoms with van der Waals surface area (Å²) in [6, 6.07) is 1.86. The molecule has 0 aromatic heterocycles. The minimum absolute atomic E-state index is 0.273. The number of quaternary nitrogens is 1. The average molecular weight is 824 g/mol. The lowest BCUT2D eigenvalue weighted by Crippen LogP contribution is -2.56. The van der Waals surface area contributed by atoms with Crippen molar-refractivity contribution in [1.29, 1.82) is 0 Å². The topological polar surface area (TPSA) is 35.6 Å². The Kier molecular flexibility index (Phi) is 19.5. The van der Waals surface area contributed by atoms with E-state index in [-0.39, 0.29) is 5.41 Å². The van der Waals surface area contributed by atoms with Crippen molar-refractivity contribution in [2.24, 2.45) is 45.3 Å². The van der Waals surface area contributed by atoms with Crippen molar-refractivity contribution in [3.63, 3.8) is 0 Å². The highest BCUT2D eigenvalue weighted by molar-refractivity contribution is 5.80. The van der Waals surface area contributed by atoms with Gasteiger partial charge in [-0.1, -0.05) is 89.2 Å². The van der Waals surface area contributed by atoms with Crippen LogP contribution in [0.1, 0.15) is 212 Å². The highest BCUT2D eigenvalue weighted by Gasteiger charge is 2.45. The molecule has 8 rings (SSSR count). The van der Waals surface area contributed by atoms with Gasteiger partial charge in [-0.2, -0.15) is 0 Å². The fourth-order valence-corrected chi connectivity index (χ4v) is 14.1. The van der Waals surface area contributed by atoms with Gasteiger partial charge >= 0.3 is 0 Å². The Morgan fingerprint density at radius 3 is 1.61 bits per heavy atom. The molecule has 7 fully saturated rings. The molecule has 59 heavy (non-hydrogen) atoms. The van der Waals surface area contributed by atoms with E-state index < -0.39 is 0 Å². The van der Waals surface area contributed by atoms with Crippen LogP contribution in [-0.2, 0) is 4.79 Å². The number of nitrogens with one attached hydrogen (secondary N) is 1. The zero-order valence-electron chi connectivity index (χ0n) is 42.1. The number of likely N-dealkylation sites (tertiary alicyclic amines) is 3. The first-order chi connectivity index (χ1) is 27.6. The van der Waals surface area contributed by atoms with E-state index in [4.69, 9.17) is 0 Å². The minimum Gasteiger partial charge on any atom is -0.375 e. The second-order valence-electron chi connectivity index (χ2n) is 25.2. The van der Waals surface area contributed by atoms with Crippen LogP contribution < -0.4 is 5.32 Å². The standard InChI is InChI=1S/C15H30N.C13H25N.C13H23N.C9H16O.C4H9N/c1-5-16(8-6-7-9-16)14-10-13(2)11-15(3,4)12-14;2*1-11-8-12(10-13(2,3)9-11)14-6-4-5-7-14;1-7-4-8(10)6-9(2,3)5-7;1-2-4-5-3-1/h13-14H,5-12H2,1-4H3;11-12H,4-10H2,1-3H3;10-11H,4-9H2,1-3H3;7H,4-6H2,1-3H3;5H,1-4H2/q+1;;;;. The summed E-state index contributed by atoms with van der Waals surface area (Å²) < 4.78 is 1.45. The number of nitrogens with zero attached hydrogens (tertiary/aromatic N) is 3. The summed E-state index contributed by atoms with van der Waals surface area (Å²) in [6.45, 7) is 43.0. The van der Waals surface area contributed by atoms with Crippen LogP contribution in [0.4, 0.5) is 0 Å². The van der Waals surface area contributed by atoms with Crippen molar-refractivity contribution in [2.45, 2.75) is 224 Å². The Labute approximate surface area is 369 Å². The molecule has 4 aliphatic carbocycles. The molecule has 8 aliphatic rings. The third-order valence-corrected chi connectivity index (χ3v) is 15.9. The summed E-state index contributed by atoms with van der Waals surface area (Å²) in [7, 11) is 0. The fourth-order valence-electron chi connectivity index (χ4n) is 14.1. The van der Waals surface area contributed by atoms with Gasteiger partial charge in [0.05, 0.1) is 25.7 Å². The summed E-state index contributed by atoms with van der Waals surface area (Å²) in [4.78, 5) is 16.4. The molecule has 6 unspecified atom stereocenters. The molecule has 4 aliphatic heterocycles. The summed E-state index contributed by atoms with van der Waals surface area (Å²) in [5, 5.41) is 3.22. The third kappa shape index (κ3) is 17.3. The quantitative estimate of drug-likeness (QED) is 0.287. The van der Waals surface area contributed by atoms with Crippen LogP contribution in [0.2, 0.25) is 0 Å². The van der Waals surface area contributed by atoms with Gasteiger partial charge in [-0.3, -0.25) is 4.79 Å². The molecule has 0 spiro atoms. The Bertz CT molecular complexity index is 1250. The predicted octanol–water partition coefficient (Wildman–Crippen LogP) is 13.3.